The van der Waals surface area contributed by atoms with Crippen molar-refractivity contribution in [1.29, 1.82) is 0 Å². The van der Waals surface area contributed by atoms with Gasteiger partial charge in [-0.05, 0) is 55.1 Å². The van der Waals surface area contributed by atoms with E-state index in [1.165, 1.54) is 0 Å². The molecule has 0 spiro atoms. The van der Waals surface area contributed by atoms with E-state index in [9.17, 15) is 9.59 Å². The molecule has 2 aromatic rings. The van der Waals surface area contributed by atoms with Crippen molar-refractivity contribution in [3.8, 4) is 11.5 Å². The second-order valence-electron chi connectivity index (χ2n) is 7.87. The Morgan fingerprint density at radius 1 is 1.29 bits per heavy atom. The van der Waals surface area contributed by atoms with Gasteiger partial charge < -0.3 is 20.6 Å². The average molecular weight is 420 g/mol. The predicted octanol–water partition coefficient (Wildman–Crippen LogP) is 4.87. The van der Waals surface area contributed by atoms with Crippen molar-refractivity contribution < 1.29 is 14.3 Å². The SMILES string of the molecule is CSc1cc(Oc2ccnc(NC(=O)CCC(C)(C)[Si](C)(C)O)c2)ccc1N. The van der Waals surface area contributed by atoms with Crippen LogP contribution in [-0.2, 0) is 4.79 Å². The lowest BCUT2D eigenvalue weighted by Crippen LogP contribution is -2.39. The van der Waals surface area contributed by atoms with Gasteiger partial charge in [-0.2, -0.15) is 0 Å². The van der Waals surface area contributed by atoms with Crippen LogP contribution in [0.5, 0.6) is 11.5 Å². The summed E-state index contributed by atoms with van der Waals surface area (Å²) in [5.74, 6) is 1.54. The number of carbonyl (C=O) groups excluding carboxylic acids is 1. The molecule has 2 rings (SSSR count). The van der Waals surface area contributed by atoms with Gasteiger partial charge in [0.05, 0.1) is 0 Å². The summed E-state index contributed by atoms with van der Waals surface area (Å²) in [6.07, 6.45) is 4.49. The fourth-order valence-electron chi connectivity index (χ4n) is 2.37. The number of hydrogen-bond acceptors (Lipinski definition) is 6. The van der Waals surface area contributed by atoms with Crippen molar-refractivity contribution >= 4 is 37.5 Å². The smallest absolute Gasteiger partial charge is 0.225 e. The van der Waals surface area contributed by atoms with Crippen LogP contribution < -0.4 is 15.8 Å². The number of hydrogen-bond donors (Lipinski definition) is 3. The molecule has 8 heteroatoms. The van der Waals surface area contributed by atoms with Gasteiger partial charge in [-0.3, -0.25) is 4.79 Å². The van der Waals surface area contributed by atoms with E-state index in [-0.39, 0.29) is 10.9 Å². The van der Waals surface area contributed by atoms with Gasteiger partial charge in [0.15, 0.2) is 8.32 Å². The van der Waals surface area contributed by atoms with Gasteiger partial charge in [0.25, 0.3) is 0 Å². The van der Waals surface area contributed by atoms with Crippen molar-refractivity contribution in [2.24, 2.45) is 0 Å². The molecule has 6 nitrogen and oxygen atoms in total. The van der Waals surface area contributed by atoms with Gasteiger partial charge in [-0.1, -0.05) is 13.8 Å². The van der Waals surface area contributed by atoms with Crippen LogP contribution in [0.4, 0.5) is 11.5 Å². The van der Waals surface area contributed by atoms with E-state index in [1.807, 2.05) is 39.3 Å². The summed E-state index contributed by atoms with van der Waals surface area (Å²) in [5, 5.41) is 2.56. The Balaban J connectivity index is 2.00. The molecule has 0 bridgehead atoms. The molecule has 1 amide bonds. The Morgan fingerprint density at radius 3 is 2.61 bits per heavy atom. The quantitative estimate of drug-likeness (QED) is 0.321. The van der Waals surface area contributed by atoms with E-state index in [0.717, 1.165) is 4.90 Å². The van der Waals surface area contributed by atoms with Gasteiger partial charge in [0.1, 0.15) is 17.3 Å². The number of nitrogens with one attached hydrogen (secondary N) is 1. The second-order valence-corrected chi connectivity index (χ2v) is 13.2. The first-order chi connectivity index (χ1) is 13.0. The Labute approximate surface area is 172 Å². The van der Waals surface area contributed by atoms with Crippen LogP contribution in [-0.4, -0.2) is 30.3 Å². The Hall–Kier alpha value is -2.03. The van der Waals surface area contributed by atoms with E-state index in [0.29, 0.717) is 35.8 Å². The van der Waals surface area contributed by atoms with E-state index < -0.39 is 8.32 Å². The van der Waals surface area contributed by atoms with Crippen molar-refractivity contribution in [2.75, 3.05) is 17.3 Å². The van der Waals surface area contributed by atoms with E-state index in [4.69, 9.17) is 10.5 Å². The highest BCUT2D eigenvalue weighted by Crippen LogP contribution is 2.39. The van der Waals surface area contributed by atoms with Gasteiger partial charge in [-0.25, -0.2) is 4.98 Å². The van der Waals surface area contributed by atoms with Crippen molar-refractivity contribution in [3.63, 3.8) is 0 Å². The third-order valence-corrected chi connectivity index (χ3v) is 9.43. The fraction of sp³-hybridized carbons (Fsp3) is 0.400. The summed E-state index contributed by atoms with van der Waals surface area (Å²) in [5.41, 5.74) is 6.62. The van der Waals surface area contributed by atoms with Crippen molar-refractivity contribution in [1.82, 2.24) is 4.98 Å². The Morgan fingerprint density at radius 2 is 1.96 bits per heavy atom. The highest BCUT2D eigenvalue weighted by atomic mass is 32.2. The molecule has 0 saturated carbocycles. The summed E-state index contributed by atoms with van der Waals surface area (Å²) in [7, 11) is -2.33. The molecule has 1 aromatic heterocycles. The van der Waals surface area contributed by atoms with Crippen LogP contribution in [0.15, 0.2) is 41.4 Å². The molecule has 0 saturated heterocycles. The monoisotopic (exact) mass is 419 g/mol. The largest absolute Gasteiger partial charge is 0.457 e. The molecule has 1 heterocycles. The minimum Gasteiger partial charge on any atom is -0.457 e. The zero-order valence-electron chi connectivity index (χ0n) is 17.1. The molecule has 152 valence electrons. The molecule has 0 aliphatic heterocycles. The predicted molar refractivity (Wildman–Crippen MR) is 119 cm³/mol. The molecule has 0 aliphatic rings. The molecule has 0 fully saturated rings. The lowest BCUT2D eigenvalue weighted by Gasteiger charge is -2.34. The van der Waals surface area contributed by atoms with Crippen LogP contribution >= 0.6 is 11.8 Å². The van der Waals surface area contributed by atoms with Crippen molar-refractivity contribution in [3.05, 3.63) is 36.5 Å². The number of thioether (sulfide) groups is 1. The molecular weight excluding hydrogens is 390 g/mol. The number of ether oxygens (including phenoxy) is 1. The minimum absolute atomic E-state index is 0.131. The van der Waals surface area contributed by atoms with E-state index in [2.05, 4.69) is 10.3 Å². The van der Waals surface area contributed by atoms with Gasteiger partial charge in [-0.15, -0.1) is 11.8 Å². The number of carbonyl (C=O) groups is 1. The Bertz CT molecular complexity index is 838. The van der Waals surface area contributed by atoms with Crippen molar-refractivity contribution in [2.45, 2.75) is 49.7 Å². The minimum atomic E-state index is -2.33. The number of rotatable bonds is 8. The van der Waals surface area contributed by atoms with Crippen LogP contribution in [0.1, 0.15) is 26.7 Å². The number of amides is 1. The maximum Gasteiger partial charge on any atom is 0.225 e. The second kappa shape index (κ2) is 8.98. The Kier molecular flexibility index (Phi) is 7.14. The molecule has 0 aliphatic carbocycles. The first kappa shape index (κ1) is 22.3. The summed E-state index contributed by atoms with van der Waals surface area (Å²) in [6.45, 7) is 7.81. The topological polar surface area (TPSA) is 97.5 Å². The number of anilines is 2. The maximum atomic E-state index is 12.3. The molecule has 0 atom stereocenters. The maximum absolute atomic E-state index is 12.3. The van der Waals surface area contributed by atoms with Crippen LogP contribution in [0.2, 0.25) is 18.1 Å². The van der Waals surface area contributed by atoms with Crippen LogP contribution in [0.3, 0.4) is 0 Å². The fourth-order valence-corrected chi connectivity index (χ4v) is 3.65. The molecule has 28 heavy (non-hydrogen) atoms. The zero-order chi connectivity index (χ0) is 20.9. The molecule has 1 aromatic carbocycles. The van der Waals surface area contributed by atoms with Gasteiger partial charge >= 0.3 is 0 Å². The standard InChI is InChI=1S/C20H29N3O3SSi/c1-20(2,28(4,5)25)10-8-19(24)23-18-13-15(9-11-22-18)26-14-6-7-16(21)17(12-14)27-3/h6-7,9,11-13,25H,8,10,21H2,1-5H3,(H,22,23,24). The van der Waals surface area contributed by atoms with E-state index >= 15 is 0 Å². The molecule has 0 radical (unpaired) electrons. The lowest BCUT2D eigenvalue weighted by molar-refractivity contribution is -0.116. The van der Waals surface area contributed by atoms with Crippen LogP contribution in [0.25, 0.3) is 0 Å². The van der Waals surface area contributed by atoms with Crippen LogP contribution in [0, 0.1) is 0 Å². The normalized spacial score (nSPS) is 11.9. The summed E-state index contributed by atoms with van der Waals surface area (Å²) >= 11 is 1.55. The molecule has 4 N–H and O–H groups in total. The average Bonchev–Trinajstić information content (AvgIpc) is 2.61. The van der Waals surface area contributed by atoms with Gasteiger partial charge in [0.2, 0.25) is 5.91 Å². The summed E-state index contributed by atoms with van der Waals surface area (Å²) < 4.78 is 5.87. The lowest BCUT2D eigenvalue weighted by atomic mass is 10.1. The van der Waals surface area contributed by atoms with E-state index in [1.54, 1.807) is 42.2 Å². The number of benzene rings is 1. The highest BCUT2D eigenvalue weighted by molar-refractivity contribution is 7.98. The highest BCUT2D eigenvalue weighted by Gasteiger charge is 2.37. The number of nitrogens with two attached hydrogens (primary N) is 1. The number of aromatic nitrogens is 1. The summed E-state index contributed by atoms with van der Waals surface area (Å²) in [4.78, 5) is 27.8. The first-order valence-electron chi connectivity index (χ1n) is 9.11. The zero-order valence-corrected chi connectivity index (χ0v) is 18.9. The third kappa shape index (κ3) is 5.98. The molecule has 0 unspecified atom stereocenters. The molecular formula is C20H29N3O3SSi. The first-order valence-corrected chi connectivity index (χ1v) is 13.3. The summed E-state index contributed by atoms with van der Waals surface area (Å²) in [6, 6.07) is 8.90. The number of nitrogens with zero attached hydrogens (tertiary/aromatic N) is 1. The number of nitrogen functional groups attached to an aromatic ring is 1. The van der Waals surface area contributed by atoms with Gasteiger partial charge in [0, 0.05) is 29.3 Å². The number of pyridine rings is 1. The third-order valence-electron chi connectivity index (χ3n) is 5.07.